The summed E-state index contributed by atoms with van der Waals surface area (Å²) in [5, 5.41) is 31.4. The number of benzene rings is 1. The summed E-state index contributed by atoms with van der Waals surface area (Å²) in [6.45, 7) is 16.1. The highest BCUT2D eigenvalue weighted by Crippen LogP contribution is 2.43. The van der Waals surface area contributed by atoms with Gasteiger partial charge in [-0.15, -0.1) is 0 Å². The van der Waals surface area contributed by atoms with E-state index in [9.17, 15) is 10.4 Å². The average Bonchev–Trinajstić information content (AvgIpc) is 3.83. The first-order chi connectivity index (χ1) is 29.6. The van der Waals surface area contributed by atoms with Crippen LogP contribution in [0, 0.1) is 34.5 Å². The van der Waals surface area contributed by atoms with Crippen LogP contribution in [0.4, 0.5) is 11.6 Å². The molecule has 0 aliphatic heterocycles. The summed E-state index contributed by atoms with van der Waals surface area (Å²) >= 11 is 0. The molecular weight excluding hydrogens is 793 g/mol. The van der Waals surface area contributed by atoms with E-state index in [1.54, 1.807) is 20.2 Å². The quantitative estimate of drug-likeness (QED) is 0.108. The maximum atomic E-state index is 10.1. The van der Waals surface area contributed by atoms with Gasteiger partial charge in [0.25, 0.3) is 0 Å². The number of rotatable bonds is 13. The van der Waals surface area contributed by atoms with Crippen molar-refractivity contribution in [3.63, 3.8) is 0 Å². The molecule has 0 amide bonds. The number of aromatic nitrogens is 6. The van der Waals surface area contributed by atoms with Crippen molar-refractivity contribution in [3.05, 3.63) is 66.0 Å². The first-order valence-electron chi connectivity index (χ1n) is 22.4. The Balaban J connectivity index is 0.000000236. The number of nitrogens with one attached hydrogen (secondary N) is 1. The second kappa shape index (κ2) is 20.0. The Hall–Kier alpha value is -5.02. The summed E-state index contributed by atoms with van der Waals surface area (Å²) in [7, 11) is 3.62. The molecule has 2 saturated carbocycles. The summed E-state index contributed by atoms with van der Waals surface area (Å²) in [5.41, 5.74) is 5.06. The number of aliphatic hydroxyl groups is 1. The Morgan fingerprint density at radius 3 is 1.85 bits per heavy atom. The van der Waals surface area contributed by atoms with Crippen LogP contribution in [-0.2, 0) is 11.0 Å². The molecule has 0 saturated heterocycles. The van der Waals surface area contributed by atoms with E-state index >= 15 is 0 Å². The molecule has 2 fully saturated rings. The summed E-state index contributed by atoms with van der Waals surface area (Å²) in [6.07, 6.45) is 12.6. The van der Waals surface area contributed by atoms with Crippen molar-refractivity contribution in [2.75, 3.05) is 31.4 Å². The van der Waals surface area contributed by atoms with Crippen LogP contribution < -0.4 is 15.0 Å². The molecular formula is C48H68N10O3Si. The molecule has 7 rings (SSSR count). The topological polar surface area (TPSA) is 163 Å². The molecule has 2 atom stereocenters. The molecule has 13 nitrogen and oxygen atoms in total. The molecule has 0 radical (unpaired) electrons. The summed E-state index contributed by atoms with van der Waals surface area (Å²) in [5.74, 6) is 5.29. The van der Waals surface area contributed by atoms with Gasteiger partial charge < -0.3 is 33.6 Å². The minimum absolute atomic E-state index is 0.115. The minimum Gasteiger partial charge on any atom is -0.497 e. The molecule has 5 aromatic rings. The number of fused-ring (bicyclic) bond motifs is 2. The van der Waals surface area contributed by atoms with Crippen molar-refractivity contribution in [1.29, 1.82) is 10.5 Å². The van der Waals surface area contributed by atoms with Crippen LogP contribution in [0.5, 0.6) is 5.75 Å². The van der Waals surface area contributed by atoms with Crippen molar-refractivity contribution < 1.29 is 14.3 Å². The average molecular weight is 861 g/mol. The van der Waals surface area contributed by atoms with E-state index in [2.05, 4.69) is 107 Å². The Labute approximate surface area is 369 Å². The summed E-state index contributed by atoms with van der Waals surface area (Å²) in [4.78, 5) is 21.0. The Bertz CT molecular complexity index is 2340. The van der Waals surface area contributed by atoms with Crippen LogP contribution in [0.2, 0.25) is 18.1 Å². The number of hydrogen-bond acceptors (Lipinski definition) is 11. The number of pyridine rings is 2. The van der Waals surface area contributed by atoms with Gasteiger partial charge in [0.05, 0.1) is 42.7 Å². The number of nitriles is 2. The zero-order valence-corrected chi connectivity index (χ0v) is 39.6. The molecule has 4 aromatic heterocycles. The van der Waals surface area contributed by atoms with Gasteiger partial charge in [0.15, 0.2) is 8.32 Å². The molecule has 14 heteroatoms. The normalized spacial score (nSPS) is 20.4. The predicted molar refractivity (Wildman–Crippen MR) is 249 cm³/mol. The lowest BCUT2D eigenvalue weighted by atomic mass is 9.84. The maximum absolute atomic E-state index is 10.1. The molecule has 332 valence electrons. The van der Waals surface area contributed by atoms with Crippen LogP contribution in [0.3, 0.4) is 0 Å². The first kappa shape index (κ1) is 46.5. The first-order valence-corrected chi connectivity index (χ1v) is 25.4. The molecule has 2 aliphatic carbocycles. The van der Waals surface area contributed by atoms with Gasteiger partial charge in [-0.05, 0) is 113 Å². The fraction of sp³-hybridized carbons (Fsp3) is 0.583. The van der Waals surface area contributed by atoms with Crippen molar-refractivity contribution in [3.8, 4) is 17.9 Å². The van der Waals surface area contributed by atoms with Gasteiger partial charge in [0, 0.05) is 57.7 Å². The SMILES string of the molecule is CNc1cc2c(cn1)nc([C@@H](C)O)n2C1CCC(CC#N)CC1.COc1ccc(CN(C)c2cc3c(cn2)nc([C@@H](C)O[Si](C)(C)C(C)(C)C)n3C2CCC(CC#N)CC2)cc1. The number of hydrogen-bond donors (Lipinski definition) is 2. The van der Waals surface area contributed by atoms with Crippen molar-refractivity contribution >= 4 is 42.0 Å². The molecule has 0 bridgehead atoms. The number of anilines is 2. The fourth-order valence-electron chi connectivity index (χ4n) is 8.95. The third-order valence-corrected chi connectivity index (χ3v) is 18.1. The monoisotopic (exact) mass is 861 g/mol. The van der Waals surface area contributed by atoms with Crippen LogP contribution in [0.25, 0.3) is 22.1 Å². The third-order valence-electron chi connectivity index (χ3n) is 13.6. The lowest BCUT2D eigenvalue weighted by molar-refractivity contribution is 0.175. The van der Waals surface area contributed by atoms with E-state index in [0.717, 1.165) is 103 Å². The molecule has 62 heavy (non-hydrogen) atoms. The predicted octanol–water partition coefficient (Wildman–Crippen LogP) is 11.0. The maximum Gasteiger partial charge on any atom is 0.193 e. The van der Waals surface area contributed by atoms with Gasteiger partial charge >= 0.3 is 0 Å². The van der Waals surface area contributed by atoms with E-state index in [1.807, 2.05) is 31.4 Å². The van der Waals surface area contributed by atoms with Gasteiger partial charge in [0.2, 0.25) is 0 Å². The smallest absolute Gasteiger partial charge is 0.193 e. The Morgan fingerprint density at radius 2 is 1.35 bits per heavy atom. The van der Waals surface area contributed by atoms with E-state index in [1.165, 1.54) is 5.56 Å². The van der Waals surface area contributed by atoms with E-state index in [-0.39, 0.29) is 11.1 Å². The van der Waals surface area contributed by atoms with E-state index in [0.29, 0.717) is 42.6 Å². The highest BCUT2D eigenvalue weighted by Gasteiger charge is 2.40. The number of imidazole rings is 2. The van der Waals surface area contributed by atoms with Crippen molar-refractivity contribution in [2.24, 2.45) is 11.8 Å². The van der Waals surface area contributed by atoms with Crippen molar-refractivity contribution in [2.45, 2.75) is 148 Å². The molecule has 0 spiro atoms. The van der Waals surface area contributed by atoms with Gasteiger partial charge in [-0.2, -0.15) is 10.5 Å². The molecule has 4 heterocycles. The molecule has 1 aromatic carbocycles. The second-order valence-corrected chi connectivity index (χ2v) is 23.7. The van der Waals surface area contributed by atoms with Crippen LogP contribution in [0.1, 0.15) is 140 Å². The summed E-state index contributed by atoms with van der Waals surface area (Å²) in [6, 6.07) is 17.7. The second-order valence-electron chi connectivity index (χ2n) is 19.0. The molecule has 0 unspecified atom stereocenters. The number of nitrogens with zero attached hydrogens (tertiary/aromatic N) is 9. The fourth-order valence-corrected chi connectivity index (χ4v) is 10.3. The standard InChI is InChI=1S/C31H45N5O2Si.C17H23N5O/c1-22(38-39(7,8)31(2,3)4)30-34-27-20-33-29(35(5)21-24-11-15-26(37-6)16-12-24)19-28(27)36(30)25-13-9-23(10-14-25)17-18-32;1-11(23)17-21-14-10-20-16(19-2)9-15(14)22(17)13-5-3-12(4-6-13)7-8-18/h11-12,15-16,19-20,22-23,25H,9-10,13-14,17,21H2,1-8H3;9-13,23H,3-7H2,1-2H3,(H,19,20)/t22-,23?,25?;11-,12?,13?/m11/s1. The Morgan fingerprint density at radius 1 is 0.839 bits per heavy atom. The third kappa shape index (κ3) is 10.6. The van der Waals surface area contributed by atoms with Crippen LogP contribution in [-0.4, -0.2) is 63.7 Å². The molecule has 2 N–H and O–H groups in total. The summed E-state index contributed by atoms with van der Waals surface area (Å²) < 4.78 is 16.8. The number of ether oxygens (including phenoxy) is 1. The highest BCUT2D eigenvalue weighted by atomic mass is 28.4. The highest BCUT2D eigenvalue weighted by molar-refractivity contribution is 6.74. The largest absolute Gasteiger partial charge is 0.497 e. The lowest BCUT2D eigenvalue weighted by Crippen LogP contribution is -2.41. The van der Waals surface area contributed by atoms with E-state index < -0.39 is 14.4 Å². The van der Waals surface area contributed by atoms with Crippen molar-refractivity contribution in [1.82, 2.24) is 29.1 Å². The lowest BCUT2D eigenvalue weighted by Gasteiger charge is -2.39. The van der Waals surface area contributed by atoms with Gasteiger partial charge in [-0.3, -0.25) is 0 Å². The molecule has 2 aliphatic rings. The van der Waals surface area contributed by atoms with Gasteiger partial charge in [-0.25, -0.2) is 19.9 Å². The van der Waals surface area contributed by atoms with Gasteiger partial charge in [0.1, 0.15) is 52.3 Å². The zero-order valence-electron chi connectivity index (χ0n) is 38.6. The number of aliphatic hydroxyl groups excluding tert-OH is 1. The minimum atomic E-state index is -1.99. The van der Waals surface area contributed by atoms with Crippen LogP contribution in [0.15, 0.2) is 48.8 Å². The Kier molecular flexibility index (Phi) is 15.0. The van der Waals surface area contributed by atoms with Gasteiger partial charge in [-0.1, -0.05) is 32.9 Å². The number of methoxy groups -OCH3 is 1. The van der Waals surface area contributed by atoms with Crippen LogP contribution >= 0.6 is 0 Å². The zero-order chi connectivity index (χ0) is 44.8. The van der Waals surface area contributed by atoms with E-state index in [4.69, 9.17) is 24.4 Å².